The summed E-state index contributed by atoms with van der Waals surface area (Å²) < 4.78 is 27.9. The van der Waals surface area contributed by atoms with Crippen molar-refractivity contribution in [3.63, 3.8) is 0 Å². The maximum absolute atomic E-state index is 12.9. The second kappa shape index (κ2) is 11.5. The number of nitrogens with one attached hydrogen (secondary N) is 3. The number of amides is 2. The minimum Gasteiger partial charge on any atom is -0.322 e. The first-order valence-corrected chi connectivity index (χ1v) is 14.4. The molecule has 9 heteroatoms. The SMILES string of the molecule is Cc1ccc(S(=O)(=O)Nc2ccc(C(=O)Nc3cccc(NC(=O)c4ccc(C(C)(C)C)cc4)c3)cc2Cl)cc1. The zero-order valence-electron chi connectivity index (χ0n) is 22.6. The maximum atomic E-state index is 12.9. The van der Waals surface area contributed by atoms with E-state index in [0.29, 0.717) is 16.9 Å². The van der Waals surface area contributed by atoms with Gasteiger partial charge in [0.2, 0.25) is 0 Å². The van der Waals surface area contributed by atoms with Crippen LogP contribution in [0.4, 0.5) is 17.1 Å². The third-order valence-corrected chi connectivity index (χ3v) is 7.89. The summed E-state index contributed by atoms with van der Waals surface area (Å²) in [6.45, 7) is 8.19. The predicted octanol–water partition coefficient (Wildman–Crippen LogP) is 7.25. The molecule has 0 aliphatic rings. The number of anilines is 3. The molecule has 0 saturated carbocycles. The van der Waals surface area contributed by atoms with Crippen LogP contribution in [0.3, 0.4) is 0 Å². The largest absolute Gasteiger partial charge is 0.322 e. The molecule has 0 saturated heterocycles. The zero-order chi connectivity index (χ0) is 29.1. The Hall–Kier alpha value is -4.14. The Morgan fingerprint density at radius 3 is 1.82 bits per heavy atom. The van der Waals surface area contributed by atoms with Crippen LogP contribution in [-0.2, 0) is 15.4 Å². The van der Waals surface area contributed by atoms with Crippen LogP contribution in [0.1, 0.15) is 52.6 Å². The fraction of sp³-hybridized carbons (Fsp3) is 0.161. The molecule has 4 aromatic rings. The molecule has 0 atom stereocenters. The molecular formula is C31H30ClN3O4S. The molecule has 0 aliphatic carbocycles. The molecule has 3 N–H and O–H groups in total. The zero-order valence-corrected chi connectivity index (χ0v) is 24.2. The van der Waals surface area contributed by atoms with Crippen LogP contribution in [0.5, 0.6) is 0 Å². The first kappa shape index (κ1) is 28.9. The summed E-state index contributed by atoms with van der Waals surface area (Å²) in [5.41, 5.74) is 3.94. The van der Waals surface area contributed by atoms with Gasteiger partial charge in [0, 0.05) is 22.5 Å². The van der Waals surface area contributed by atoms with Crippen molar-refractivity contribution in [3.05, 3.63) is 118 Å². The lowest BCUT2D eigenvalue weighted by molar-refractivity contribution is 0.101. The Labute approximate surface area is 239 Å². The van der Waals surface area contributed by atoms with E-state index in [0.717, 1.165) is 11.1 Å². The minimum absolute atomic E-state index is 0.0122. The van der Waals surface area contributed by atoms with Crippen LogP contribution >= 0.6 is 11.6 Å². The Kier molecular flexibility index (Phi) is 8.32. The minimum atomic E-state index is -3.85. The Morgan fingerprint density at radius 2 is 1.27 bits per heavy atom. The highest BCUT2D eigenvalue weighted by molar-refractivity contribution is 7.92. The van der Waals surface area contributed by atoms with Crippen molar-refractivity contribution < 1.29 is 18.0 Å². The van der Waals surface area contributed by atoms with E-state index < -0.39 is 15.9 Å². The van der Waals surface area contributed by atoms with Crippen molar-refractivity contribution in [3.8, 4) is 0 Å². The average Bonchev–Trinajstić information content (AvgIpc) is 2.89. The van der Waals surface area contributed by atoms with Crippen molar-refractivity contribution in [1.29, 1.82) is 0 Å². The molecular weight excluding hydrogens is 546 g/mol. The van der Waals surface area contributed by atoms with Gasteiger partial charge in [-0.3, -0.25) is 14.3 Å². The predicted molar refractivity (Wildman–Crippen MR) is 161 cm³/mol. The number of halogens is 1. The average molecular weight is 576 g/mol. The van der Waals surface area contributed by atoms with Gasteiger partial charge in [-0.2, -0.15) is 0 Å². The Bertz CT molecular complexity index is 1660. The summed E-state index contributed by atoms with van der Waals surface area (Å²) in [4.78, 5) is 25.7. The van der Waals surface area contributed by atoms with Gasteiger partial charge in [-0.1, -0.05) is 68.3 Å². The third kappa shape index (κ3) is 7.08. The fourth-order valence-electron chi connectivity index (χ4n) is 3.86. The van der Waals surface area contributed by atoms with E-state index in [1.165, 1.54) is 30.3 Å². The van der Waals surface area contributed by atoms with Gasteiger partial charge in [0.1, 0.15) is 0 Å². The van der Waals surface area contributed by atoms with E-state index in [-0.39, 0.29) is 32.5 Å². The number of sulfonamides is 1. The quantitative estimate of drug-likeness (QED) is 0.216. The monoisotopic (exact) mass is 575 g/mol. The molecule has 0 aliphatic heterocycles. The lowest BCUT2D eigenvalue weighted by Gasteiger charge is -2.19. The first-order valence-electron chi connectivity index (χ1n) is 12.5. The first-order chi connectivity index (χ1) is 18.8. The number of hydrogen-bond acceptors (Lipinski definition) is 4. The highest BCUT2D eigenvalue weighted by Crippen LogP contribution is 2.27. The summed E-state index contributed by atoms with van der Waals surface area (Å²) in [5, 5.41) is 5.69. The number of carbonyl (C=O) groups excluding carboxylic acids is 2. The smallest absolute Gasteiger partial charge is 0.261 e. The summed E-state index contributed by atoms with van der Waals surface area (Å²) >= 11 is 6.32. The summed E-state index contributed by atoms with van der Waals surface area (Å²) in [6, 6.07) is 24.9. The fourth-order valence-corrected chi connectivity index (χ4v) is 5.23. The van der Waals surface area contributed by atoms with Gasteiger partial charge in [-0.05, 0) is 78.6 Å². The van der Waals surface area contributed by atoms with Crippen molar-refractivity contribution in [2.45, 2.75) is 38.0 Å². The lowest BCUT2D eigenvalue weighted by atomic mass is 9.87. The molecule has 206 valence electrons. The second-order valence-electron chi connectivity index (χ2n) is 10.4. The van der Waals surface area contributed by atoms with Gasteiger partial charge < -0.3 is 10.6 Å². The molecule has 4 rings (SSSR count). The number of rotatable bonds is 7. The summed E-state index contributed by atoms with van der Waals surface area (Å²) in [5.74, 6) is -0.713. The van der Waals surface area contributed by atoms with E-state index in [1.54, 1.807) is 48.5 Å². The van der Waals surface area contributed by atoms with Crippen LogP contribution in [0.25, 0.3) is 0 Å². The molecule has 0 unspecified atom stereocenters. The topological polar surface area (TPSA) is 104 Å². The van der Waals surface area contributed by atoms with E-state index in [2.05, 4.69) is 36.1 Å². The van der Waals surface area contributed by atoms with Gasteiger partial charge in [-0.25, -0.2) is 8.42 Å². The number of carbonyl (C=O) groups is 2. The summed E-state index contributed by atoms with van der Waals surface area (Å²) in [7, 11) is -3.85. The van der Waals surface area contributed by atoms with Crippen molar-refractivity contribution in [2.24, 2.45) is 0 Å². The molecule has 0 heterocycles. The van der Waals surface area contributed by atoms with Crippen LogP contribution in [-0.4, -0.2) is 20.2 Å². The Balaban J connectivity index is 1.42. The normalized spacial score (nSPS) is 11.5. The molecule has 4 aromatic carbocycles. The van der Waals surface area contributed by atoms with Crippen LogP contribution in [0.15, 0.2) is 95.9 Å². The van der Waals surface area contributed by atoms with Crippen LogP contribution < -0.4 is 15.4 Å². The molecule has 0 bridgehead atoms. The third-order valence-electron chi connectivity index (χ3n) is 6.20. The molecule has 0 radical (unpaired) electrons. The van der Waals surface area contributed by atoms with Gasteiger partial charge in [0.05, 0.1) is 15.6 Å². The van der Waals surface area contributed by atoms with E-state index in [1.807, 2.05) is 19.1 Å². The molecule has 0 spiro atoms. The van der Waals surface area contributed by atoms with Gasteiger partial charge in [0.15, 0.2) is 0 Å². The molecule has 7 nitrogen and oxygen atoms in total. The lowest BCUT2D eigenvalue weighted by Crippen LogP contribution is -2.15. The maximum Gasteiger partial charge on any atom is 0.261 e. The van der Waals surface area contributed by atoms with Crippen LogP contribution in [0.2, 0.25) is 5.02 Å². The highest BCUT2D eigenvalue weighted by Gasteiger charge is 2.18. The van der Waals surface area contributed by atoms with Crippen molar-refractivity contribution in [2.75, 3.05) is 15.4 Å². The molecule has 0 fully saturated rings. The van der Waals surface area contributed by atoms with Crippen LogP contribution in [0, 0.1) is 6.92 Å². The molecule has 2 amide bonds. The number of benzene rings is 4. The van der Waals surface area contributed by atoms with Gasteiger partial charge >= 0.3 is 0 Å². The van der Waals surface area contributed by atoms with E-state index in [9.17, 15) is 18.0 Å². The van der Waals surface area contributed by atoms with Crippen molar-refractivity contribution >= 4 is 50.5 Å². The summed E-state index contributed by atoms with van der Waals surface area (Å²) in [6.07, 6.45) is 0. The standard InChI is InChI=1S/C31H30ClN3O4S/c1-20-8-15-26(16-9-20)40(38,39)35-28-17-12-22(18-27(28)32)30(37)34-25-7-5-6-24(19-25)33-29(36)21-10-13-23(14-11-21)31(2,3)4/h5-19,35H,1-4H3,(H,33,36)(H,34,37). The van der Waals surface area contributed by atoms with E-state index in [4.69, 9.17) is 11.6 Å². The van der Waals surface area contributed by atoms with Crippen molar-refractivity contribution in [1.82, 2.24) is 0 Å². The molecule has 0 aromatic heterocycles. The number of aryl methyl sites for hydroxylation is 1. The Morgan fingerprint density at radius 1 is 0.725 bits per heavy atom. The number of hydrogen-bond donors (Lipinski definition) is 3. The molecule has 40 heavy (non-hydrogen) atoms. The highest BCUT2D eigenvalue weighted by atomic mass is 35.5. The van der Waals surface area contributed by atoms with Gasteiger partial charge in [-0.15, -0.1) is 0 Å². The van der Waals surface area contributed by atoms with Gasteiger partial charge in [0.25, 0.3) is 21.8 Å². The second-order valence-corrected chi connectivity index (χ2v) is 12.5. The van der Waals surface area contributed by atoms with E-state index >= 15 is 0 Å².